The molecule has 3 nitrogen and oxygen atoms in total. The highest BCUT2D eigenvalue weighted by molar-refractivity contribution is 5.67. The van der Waals surface area contributed by atoms with Crippen LogP contribution in [0.15, 0.2) is 0 Å². The van der Waals surface area contributed by atoms with Crippen LogP contribution in [0.4, 0.5) is 0 Å². The van der Waals surface area contributed by atoms with E-state index in [4.69, 9.17) is 5.11 Å². The molecule has 0 aliphatic carbocycles. The fraction of sp³-hybridized carbons (Fsp3) is 0.909. The Labute approximate surface area is 87.1 Å². The van der Waals surface area contributed by atoms with Gasteiger partial charge in [0.25, 0.3) is 0 Å². The molecule has 0 aromatic heterocycles. The Hall–Kier alpha value is -0.570. The van der Waals surface area contributed by atoms with Gasteiger partial charge in [-0.2, -0.15) is 0 Å². The summed E-state index contributed by atoms with van der Waals surface area (Å²) in [6, 6.07) is 0.617. The van der Waals surface area contributed by atoms with Gasteiger partial charge in [-0.15, -0.1) is 0 Å². The zero-order chi connectivity index (χ0) is 11.1. The van der Waals surface area contributed by atoms with E-state index in [0.717, 1.165) is 19.4 Å². The highest BCUT2D eigenvalue weighted by atomic mass is 16.4. The van der Waals surface area contributed by atoms with E-state index in [1.165, 1.54) is 0 Å². The van der Waals surface area contributed by atoms with E-state index >= 15 is 0 Å². The largest absolute Gasteiger partial charge is 0.481 e. The highest BCUT2D eigenvalue weighted by Gasteiger charge is 2.19. The van der Waals surface area contributed by atoms with Gasteiger partial charge >= 0.3 is 5.97 Å². The maximum absolute atomic E-state index is 10.6. The van der Waals surface area contributed by atoms with Gasteiger partial charge in [0.15, 0.2) is 0 Å². The first-order valence-electron chi connectivity index (χ1n) is 5.50. The minimum absolute atomic E-state index is 0.141. The first-order valence-corrected chi connectivity index (χ1v) is 5.50. The number of hydrogen-bond donors (Lipinski definition) is 1. The van der Waals surface area contributed by atoms with Crippen molar-refractivity contribution < 1.29 is 9.90 Å². The molecule has 0 spiro atoms. The third-order valence-electron chi connectivity index (χ3n) is 2.67. The molecule has 0 aliphatic rings. The Morgan fingerprint density at radius 3 is 2.21 bits per heavy atom. The molecule has 1 N–H and O–H groups in total. The molecule has 0 amide bonds. The fourth-order valence-electron chi connectivity index (χ4n) is 1.74. The van der Waals surface area contributed by atoms with Crippen LogP contribution in [0.3, 0.4) is 0 Å². The molecule has 0 heterocycles. The zero-order valence-electron chi connectivity index (χ0n) is 9.79. The number of carbonyl (C=O) groups is 1. The van der Waals surface area contributed by atoms with Crippen LogP contribution >= 0.6 is 0 Å². The maximum atomic E-state index is 10.6. The topological polar surface area (TPSA) is 40.5 Å². The van der Waals surface area contributed by atoms with Crippen molar-refractivity contribution in [1.82, 2.24) is 4.90 Å². The first-order chi connectivity index (χ1) is 6.52. The van der Waals surface area contributed by atoms with Crippen LogP contribution in [0.2, 0.25) is 0 Å². The molecule has 1 unspecified atom stereocenters. The number of carboxylic acid groups (broad SMARTS) is 1. The molecule has 0 fully saturated rings. The smallest absolute Gasteiger partial charge is 0.304 e. The number of hydrogen-bond acceptors (Lipinski definition) is 2. The summed E-state index contributed by atoms with van der Waals surface area (Å²) in [4.78, 5) is 12.9. The van der Waals surface area contributed by atoms with E-state index in [2.05, 4.69) is 25.7 Å². The Morgan fingerprint density at radius 2 is 1.86 bits per heavy atom. The molecule has 2 atom stereocenters. The maximum Gasteiger partial charge on any atom is 0.304 e. The third-order valence-corrected chi connectivity index (χ3v) is 2.67. The lowest BCUT2D eigenvalue weighted by molar-refractivity contribution is -0.138. The van der Waals surface area contributed by atoms with Gasteiger partial charge in [0.2, 0.25) is 0 Å². The normalized spacial score (nSPS) is 15.5. The molecule has 0 aromatic rings. The summed E-state index contributed by atoms with van der Waals surface area (Å²) in [5.74, 6) is -0.707. The van der Waals surface area contributed by atoms with Crippen molar-refractivity contribution in [2.45, 2.75) is 59.0 Å². The second kappa shape index (κ2) is 6.82. The summed E-state index contributed by atoms with van der Waals surface area (Å²) in [6.07, 6.45) is 2.39. The van der Waals surface area contributed by atoms with E-state index in [9.17, 15) is 4.79 Å². The van der Waals surface area contributed by atoms with Crippen molar-refractivity contribution in [2.24, 2.45) is 0 Å². The molecule has 0 radical (unpaired) electrons. The fourth-order valence-corrected chi connectivity index (χ4v) is 1.74. The van der Waals surface area contributed by atoms with E-state index in [0.29, 0.717) is 6.04 Å². The molecule has 0 bridgehead atoms. The number of nitrogens with zero attached hydrogens (tertiary/aromatic N) is 1. The monoisotopic (exact) mass is 201 g/mol. The molecule has 3 heteroatoms. The van der Waals surface area contributed by atoms with Crippen LogP contribution in [-0.2, 0) is 4.79 Å². The Kier molecular flexibility index (Phi) is 6.54. The van der Waals surface area contributed by atoms with Gasteiger partial charge in [-0.3, -0.25) is 9.69 Å². The van der Waals surface area contributed by atoms with Gasteiger partial charge in [0, 0.05) is 12.1 Å². The summed E-state index contributed by atoms with van der Waals surface area (Å²) in [7, 11) is 0. The molecular weight excluding hydrogens is 178 g/mol. The van der Waals surface area contributed by atoms with Crippen molar-refractivity contribution in [3.05, 3.63) is 0 Å². The van der Waals surface area contributed by atoms with Gasteiger partial charge in [-0.1, -0.05) is 13.8 Å². The summed E-state index contributed by atoms with van der Waals surface area (Å²) < 4.78 is 0. The minimum Gasteiger partial charge on any atom is -0.481 e. The molecule has 84 valence electrons. The zero-order valence-corrected chi connectivity index (χ0v) is 9.79. The van der Waals surface area contributed by atoms with Gasteiger partial charge in [-0.25, -0.2) is 0 Å². The second-order valence-electron chi connectivity index (χ2n) is 3.94. The number of rotatable bonds is 7. The predicted molar refractivity (Wildman–Crippen MR) is 58.5 cm³/mol. The molecule has 0 rings (SSSR count). The minimum atomic E-state index is -0.707. The third kappa shape index (κ3) is 4.61. The predicted octanol–water partition coefficient (Wildman–Crippen LogP) is 2.36. The van der Waals surface area contributed by atoms with Gasteiger partial charge in [0.1, 0.15) is 0 Å². The second-order valence-corrected chi connectivity index (χ2v) is 3.94. The Balaban J connectivity index is 4.23. The van der Waals surface area contributed by atoms with Crippen LogP contribution in [-0.4, -0.2) is 34.6 Å². The standard InChI is InChI=1S/C11H23NO2/c1-5-7-12(9(3)6-2)10(4)8-11(13)14/h9-10H,5-8H2,1-4H3,(H,13,14)/t9?,10-/m0/s1. The lowest BCUT2D eigenvalue weighted by Gasteiger charge is -2.33. The molecule has 0 saturated carbocycles. The Morgan fingerprint density at radius 1 is 1.29 bits per heavy atom. The van der Waals surface area contributed by atoms with Crippen molar-refractivity contribution >= 4 is 5.97 Å². The molecule has 0 aliphatic heterocycles. The van der Waals surface area contributed by atoms with E-state index in [-0.39, 0.29) is 12.5 Å². The van der Waals surface area contributed by atoms with Crippen LogP contribution in [0, 0.1) is 0 Å². The summed E-state index contributed by atoms with van der Waals surface area (Å²) >= 11 is 0. The first kappa shape index (κ1) is 13.4. The quantitative estimate of drug-likeness (QED) is 0.687. The van der Waals surface area contributed by atoms with Crippen molar-refractivity contribution in [3.8, 4) is 0 Å². The average Bonchev–Trinajstić information content (AvgIpc) is 2.11. The molecular formula is C11H23NO2. The lowest BCUT2D eigenvalue weighted by atomic mass is 10.1. The van der Waals surface area contributed by atoms with E-state index in [1.807, 2.05) is 6.92 Å². The lowest BCUT2D eigenvalue weighted by Crippen LogP contribution is -2.41. The van der Waals surface area contributed by atoms with Crippen LogP contribution in [0.1, 0.15) is 47.0 Å². The molecule has 0 aromatic carbocycles. The van der Waals surface area contributed by atoms with Crippen molar-refractivity contribution in [1.29, 1.82) is 0 Å². The van der Waals surface area contributed by atoms with Crippen LogP contribution < -0.4 is 0 Å². The highest BCUT2D eigenvalue weighted by Crippen LogP contribution is 2.12. The summed E-state index contributed by atoms with van der Waals surface area (Å²) in [5, 5.41) is 8.73. The van der Waals surface area contributed by atoms with Crippen LogP contribution in [0.5, 0.6) is 0 Å². The molecule has 14 heavy (non-hydrogen) atoms. The van der Waals surface area contributed by atoms with Gasteiger partial charge in [-0.05, 0) is 33.2 Å². The van der Waals surface area contributed by atoms with Crippen LogP contribution in [0.25, 0.3) is 0 Å². The number of aliphatic carboxylic acids is 1. The SMILES string of the molecule is CCCN(C(C)CC)[C@@H](C)CC(=O)O. The van der Waals surface area contributed by atoms with Crippen molar-refractivity contribution in [2.75, 3.05) is 6.54 Å². The Bertz CT molecular complexity index is 171. The van der Waals surface area contributed by atoms with Crippen molar-refractivity contribution in [3.63, 3.8) is 0 Å². The van der Waals surface area contributed by atoms with E-state index < -0.39 is 5.97 Å². The number of carboxylic acids is 1. The molecule has 0 saturated heterocycles. The van der Waals surface area contributed by atoms with Gasteiger partial charge < -0.3 is 5.11 Å². The summed E-state index contributed by atoms with van der Waals surface area (Å²) in [6.45, 7) is 9.41. The average molecular weight is 201 g/mol. The summed E-state index contributed by atoms with van der Waals surface area (Å²) in [5.41, 5.74) is 0. The van der Waals surface area contributed by atoms with E-state index in [1.54, 1.807) is 0 Å². The van der Waals surface area contributed by atoms with Gasteiger partial charge in [0.05, 0.1) is 6.42 Å².